The number of alkyl halides is 3. The minimum atomic E-state index is -4.58. The molecule has 8 heteroatoms. The predicted octanol–water partition coefficient (Wildman–Crippen LogP) is 3.83. The lowest BCUT2D eigenvalue weighted by molar-refractivity contribution is -0.137. The lowest BCUT2D eigenvalue weighted by atomic mass is 9.91. The van der Waals surface area contributed by atoms with Crippen LogP contribution in [-0.2, 0) is 22.2 Å². The minimum Gasteiger partial charge on any atom is -0.507 e. The van der Waals surface area contributed by atoms with Gasteiger partial charge in [-0.25, -0.2) is 5.01 Å². The summed E-state index contributed by atoms with van der Waals surface area (Å²) in [6.45, 7) is 0. The van der Waals surface area contributed by atoms with Crippen molar-refractivity contribution in [2.24, 2.45) is 0 Å². The first kappa shape index (κ1) is 18.8. The Morgan fingerprint density at radius 1 is 1.14 bits per heavy atom. The van der Waals surface area contributed by atoms with Crippen LogP contribution in [0, 0.1) is 0 Å². The van der Waals surface area contributed by atoms with Crippen molar-refractivity contribution in [3.8, 4) is 5.75 Å². The second kappa shape index (κ2) is 6.80. The van der Waals surface area contributed by atoms with E-state index < -0.39 is 23.6 Å². The van der Waals surface area contributed by atoms with E-state index in [0.717, 1.165) is 41.6 Å². The number of aromatic hydroxyl groups is 1. The molecule has 2 aromatic rings. The van der Waals surface area contributed by atoms with Crippen LogP contribution in [0.1, 0.15) is 28.7 Å². The molecule has 2 aliphatic rings. The summed E-state index contributed by atoms with van der Waals surface area (Å²) in [6.07, 6.45) is 2.04. The molecule has 148 valence electrons. The molecule has 1 aliphatic carbocycles. The Bertz CT molecular complexity index is 1090. The highest BCUT2D eigenvalue weighted by atomic mass is 19.4. The fourth-order valence-electron chi connectivity index (χ4n) is 3.38. The van der Waals surface area contributed by atoms with Crippen molar-refractivity contribution in [1.82, 2.24) is 5.43 Å². The lowest BCUT2D eigenvalue weighted by Crippen LogP contribution is -2.35. The van der Waals surface area contributed by atoms with Crippen LogP contribution >= 0.6 is 0 Å². The Balaban J connectivity index is 1.73. The van der Waals surface area contributed by atoms with Gasteiger partial charge in [-0.2, -0.15) is 13.2 Å². The number of allylic oxidation sites excluding steroid dienone is 1. The van der Waals surface area contributed by atoms with Crippen molar-refractivity contribution in [1.29, 1.82) is 0 Å². The summed E-state index contributed by atoms with van der Waals surface area (Å²) in [5.74, 6) is -1.66. The Kier molecular flexibility index (Phi) is 4.41. The number of nitrogens with zero attached hydrogens (tertiary/aromatic N) is 1. The van der Waals surface area contributed by atoms with Crippen LogP contribution in [0.25, 0.3) is 12.2 Å². The zero-order valence-corrected chi connectivity index (χ0v) is 15.0. The predicted molar refractivity (Wildman–Crippen MR) is 101 cm³/mol. The van der Waals surface area contributed by atoms with Crippen LogP contribution in [0.3, 0.4) is 0 Å². The van der Waals surface area contributed by atoms with Crippen LogP contribution in [0.5, 0.6) is 5.75 Å². The highest BCUT2D eigenvalue weighted by Crippen LogP contribution is 2.34. The zero-order chi connectivity index (χ0) is 20.8. The molecule has 2 amide bonds. The number of carbonyl (C=O) groups excluding carboxylic acids is 2. The van der Waals surface area contributed by atoms with Gasteiger partial charge in [0.25, 0.3) is 11.8 Å². The third kappa shape index (κ3) is 3.37. The number of anilines is 1. The lowest BCUT2D eigenvalue weighted by Gasteiger charge is -2.16. The van der Waals surface area contributed by atoms with Crippen molar-refractivity contribution in [3.05, 3.63) is 70.3 Å². The molecule has 5 nitrogen and oxygen atoms in total. The van der Waals surface area contributed by atoms with Crippen molar-refractivity contribution < 1.29 is 27.9 Å². The number of carbonyl (C=O) groups is 2. The number of fused-ring (bicyclic) bond motifs is 1. The molecule has 0 atom stereocenters. The first-order chi connectivity index (χ1) is 13.8. The molecule has 29 heavy (non-hydrogen) atoms. The van der Waals surface area contributed by atoms with Gasteiger partial charge in [-0.1, -0.05) is 24.3 Å². The van der Waals surface area contributed by atoms with Gasteiger partial charge >= 0.3 is 6.18 Å². The second-order valence-electron chi connectivity index (χ2n) is 6.70. The molecular weight excluding hydrogens is 385 g/mol. The summed E-state index contributed by atoms with van der Waals surface area (Å²) >= 11 is 0. The van der Waals surface area contributed by atoms with E-state index in [4.69, 9.17) is 0 Å². The molecule has 4 rings (SSSR count). The van der Waals surface area contributed by atoms with Gasteiger partial charge in [0.15, 0.2) is 0 Å². The van der Waals surface area contributed by atoms with E-state index in [1.807, 2.05) is 12.2 Å². The van der Waals surface area contributed by atoms with E-state index >= 15 is 0 Å². The molecule has 0 radical (unpaired) electrons. The smallest absolute Gasteiger partial charge is 0.416 e. The van der Waals surface area contributed by atoms with Crippen molar-refractivity contribution in [2.45, 2.75) is 19.0 Å². The van der Waals surface area contributed by atoms with Crippen LogP contribution in [0.4, 0.5) is 18.9 Å². The molecule has 0 unspecified atom stereocenters. The molecule has 1 aliphatic heterocycles. The van der Waals surface area contributed by atoms with Gasteiger partial charge in [0.05, 0.1) is 11.3 Å². The summed E-state index contributed by atoms with van der Waals surface area (Å²) in [5.41, 5.74) is 2.96. The van der Waals surface area contributed by atoms with E-state index in [2.05, 4.69) is 5.43 Å². The highest BCUT2D eigenvalue weighted by Gasteiger charge is 2.37. The van der Waals surface area contributed by atoms with Crippen molar-refractivity contribution >= 4 is 29.7 Å². The summed E-state index contributed by atoms with van der Waals surface area (Å²) in [7, 11) is 0. The third-order valence-electron chi connectivity index (χ3n) is 4.83. The van der Waals surface area contributed by atoms with E-state index in [0.29, 0.717) is 11.1 Å². The molecule has 0 bridgehead atoms. The average Bonchev–Trinajstić information content (AvgIpc) is 2.97. The number of halogens is 3. The van der Waals surface area contributed by atoms with E-state index in [1.165, 1.54) is 18.2 Å². The maximum Gasteiger partial charge on any atom is 0.416 e. The average molecular weight is 400 g/mol. The van der Waals surface area contributed by atoms with Crippen LogP contribution in [0.2, 0.25) is 0 Å². The summed E-state index contributed by atoms with van der Waals surface area (Å²) < 4.78 is 38.9. The number of hydrogen-bond acceptors (Lipinski definition) is 3. The number of nitrogens with one attached hydrogen (secondary N) is 1. The van der Waals surface area contributed by atoms with Gasteiger partial charge in [0.2, 0.25) is 0 Å². The number of aryl methyl sites for hydroxylation is 1. The Morgan fingerprint density at radius 3 is 2.69 bits per heavy atom. The van der Waals surface area contributed by atoms with E-state index in [1.54, 1.807) is 6.07 Å². The van der Waals surface area contributed by atoms with Crippen LogP contribution < -0.4 is 10.4 Å². The number of phenolic OH excluding ortho intramolecular Hbond substituents is 1. The number of hydrogen-bond donors (Lipinski definition) is 2. The largest absolute Gasteiger partial charge is 0.507 e. The summed E-state index contributed by atoms with van der Waals surface area (Å²) in [5, 5.41) is 11.0. The number of amides is 2. The monoisotopic (exact) mass is 400 g/mol. The molecule has 2 aromatic carbocycles. The maximum absolute atomic E-state index is 13.0. The Morgan fingerprint density at radius 2 is 1.93 bits per heavy atom. The molecule has 2 N–H and O–H groups in total. The molecule has 1 saturated heterocycles. The summed E-state index contributed by atoms with van der Waals surface area (Å²) in [6, 6.07) is 7.38. The van der Waals surface area contributed by atoms with Gasteiger partial charge in [0.1, 0.15) is 11.3 Å². The highest BCUT2D eigenvalue weighted by molar-refractivity contribution is 6.31. The zero-order valence-electron chi connectivity index (χ0n) is 15.0. The number of benzene rings is 2. The first-order valence-corrected chi connectivity index (χ1v) is 8.81. The molecule has 1 fully saturated rings. The van der Waals surface area contributed by atoms with Gasteiger partial charge < -0.3 is 5.11 Å². The van der Waals surface area contributed by atoms with E-state index in [9.17, 15) is 27.9 Å². The van der Waals surface area contributed by atoms with Crippen molar-refractivity contribution in [2.75, 3.05) is 5.01 Å². The first-order valence-electron chi connectivity index (χ1n) is 8.81. The van der Waals surface area contributed by atoms with Crippen LogP contribution in [-0.4, -0.2) is 16.9 Å². The van der Waals surface area contributed by atoms with Gasteiger partial charge in [-0.15, -0.1) is 0 Å². The number of rotatable bonds is 2. The molecule has 1 heterocycles. The normalized spacial score (nSPS) is 17.6. The second-order valence-corrected chi connectivity index (χ2v) is 6.70. The number of phenols is 1. The van der Waals surface area contributed by atoms with Gasteiger partial charge in [-0.3, -0.25) is 15.0 Å². The third-order valence-corrected chi connectivity index (χ3v) is 4.83. The van der Waals surface area contributed by atoms with Crippen molar-refractivity contribution in [3.63, 3.8) is 0 Å². The fourth-order valence-corrected chi connectivity index (χ4v) is 3.38. The Labute approximate surface area is 163 Å². The fraction of sp³-hybridized carbons (Fsp3) is 0.143. The van der Waals surface area contributed by atoms with E-state index in [-0.39, 0.29) is 17.0 Å². The standard InChI is InChI=1S/C21H15F3N2O3/c22-21(23,24)13-5-3-6-14(10-13)26-20(29)17(19(28)25-26)11-16-15-7-2-1-4-12(15)8-9-18(16)27/h2-3,5-11,27H,1,4H2,(H,25,28)/b17-11-. The SMILES string of the molecule is O=C1NN(c2cccc(C(F)(F)F)c2)C(=O)/C1=C\c1c(O)ccc2c1C=CCC2. The van der Waals surface area contributed by atoms with Gasteiger partial charge in [0, 0.05) is 5.56 Å². The molecule has 0 saturated carbocycles. The quantitative estimate of drug-likeness (QED) is 0.595. The maximum atomic E-state index is 13.0. The topological polar surface area (TPSA) is 69.6 Å². The molecule has 0 spiro atoms. The Hall–Kier alpha value is -3.55. The summed E-state index contributed by atoms with van der Waals surface area (Å²) in [4.78, 5) is 25.1. The van der Waals surface area contributed by atoms with Gasteiger partial charge in [-0.05, 0) is 54.3 Å². The minimum absolute atomic E-state index is 0.0964. The molecular formula is C21H15F3N2O3. The van der Waals surface area contributed by atoms with Crippen LogP contribution in [0.15, 0.2) is 48.0 Å². The molecule has 0 aromatic heterocycles. The number of hydrazine groups is 1.